The number of aromatic nitrogens is 1. The average molecular weight is 353 g/mol. The number of hydrogen-bond donors (Lipinski definition) is 1. The van der Waals surface area contributed by atoms with Crippen molar-refractivity contribution in [1.82, 2.24) is 9.88 Å². The van der Waals surface area contributed by atoms with Crippen LogP contribution in [0, 0.1) is 0 Å². The van der Waals surface area contributed by atoms with E-state index in [1.807, 2.05) is 48.7 Å². The van der Waals surface area contributed by atoms with E-state index in [0.717, 1.165) is 37.6 Å². The maximum Gasteiger partial charge on any atom is 0.168 e. The molecule has 1 fully saturated rings. The fourth-order valence-electron chi connectivity index (χ4n) is 3.29. The number of benzene rings is 1. The Kier molecular flexibility index (Phi) is 5.04. The largest absolute Gasteiger partial charge is 0.485 e. The van der Waals surface area contributed by atoms with E-state index in [9.17, 15) is 5.11 Å². The summed E-state index contributed by atoms with van der Waals surface area (Å²) in [5.74, 6) is 2.37. The number of rotatable bonds is 4. The van der Waals surface area contributed by atoms with Crippen molar-refractivity contribution in [3.05, 3.63) is 60.5 Å². The van der Waals surface area contributed by atoms with Gasteiger partial charge >= 0.3 is 0 Å². The second kappa shape index (κ2) is 7.76. The van der Waals surface area contributed by atoms with Crippen LogP contribution in [0.15, 0.2) is 54.9 Å². The van der Waals surface area contributed by atoms with Crippen molar-refractivity contribution in [1.29, 1.82) is 0 Å². The van der Waals surface area contributed by atoms with Gasteiger partial charge in [0.1, 0.15) is 12.4 Å². The van der Waals surface area contributed by atoms with Crippen LogP contribution in [0.1, 0.15) is 11.7 Å². The van der Waals surface area contributed by atoms with Gasteiger partial charge in [0, 0.05) is 38.9 Å². The first-order chi connectivity index (χ1) is 12.8. The van der Waals surface area contributed by atoms with E-state index in [4.69, 9.17) is 9.47 Å². The van der Waals surface area contributed by atoms with Gasteiger partial charge in [-0.2, -0.15) is 0 Å². The molecule has 1 unspecified atom stereocenters. The molecule has 1 aromatic carbocycles. The quantitative estimate of drug-likeness (QED) is 0.910. The van der Waals surface area contributed by atoms with Crippen molar-refractivity contribution in [2.45, 2.75) is 6.10 Å². The van der Waals surface area contributed by atoms with Crippen LogP contribution in [0.3, 0.4) is 0 Å². The van der Waals surface area contributed by atoms with Crippen LogP contribution >= 0.6 is 0 Å². The third-order valence-electron chi connectivity index (χ3n) is 4.76. The minimum atomic E-state index is -0.558. The lowest BCUT2D eigenvalue weighted by molar-refractivity contribution is 0.109. The zero-order valence-corrected chi connectivity index (χ0v) is 14.6. The number of nitrogens with zero attached hydrogens (tertiary/aromatic N) is 3. The van der Waals surface area contributed by atoms with E-state index in [1.165, 1.54) is 0 Å². The monoisotopic (exact) mass is 353 g/mol. The second-order valence-electron chi connectivity index (χ2n) is 6.50. The van der Waals surface area contributed by atoms with E-state index >= 15 is 0 Å². The van der Waals surface area contributed by atoms with Gasteiger partial charge in [0.15, 0.2) is 11.5 Å². The van der Waals surface area contributed by atoms with Crippen LogP contribution in [0.5, 0.6) is 11.5 Å². The van der Waals surface area contributed by atoms with Gasteiger partial charge in [-0.1, -0.05) is 12.1 Å². The van der Waals surface area contributed by atoms with E-state index in [2.05, 4.69) is 14.8 Å². The lowest BCUT2D eigenvalue weighted by Gasteiger charge is -2.36. The molecule has 2 aliphatic heterocycles. The Balaban J connectivity index is 1.35. The second-order valence-corrected chi connectivity index (χ2v) is 6.50. The molecule has 1 atom stereocenters. The van der Waals surface area contributed by atoms with Crippen molar-refractivity contribution >= 4 is 5.82 Å². The molecule has 0 bridgehead atoms. The summed E-state index contributed by atoms with van der Waals surface area (Å²) in [6.07, 6.45) is 4.71. The number of fused-ring (bicyclic) bond motifs is 1. The molecule has 0 saturated carbocycles. The normalized spacial score (nSPS) is 18.4. The Labute approximate surface area is 153 Å². The van der Waals surface area contributed by atoms with Gasteiger partial charge in [0.05, 0.1) is 12.4 Å². The minimum absolute atomic E-state index is 0.495. The molecule has 0 amide bonds. The molecular weight excluding hydrogens is 330 g/mol. The summed E-state index contributed by atoms with van der Waals surface area (Å²) < 4.78 is 11.1. The molecule has 2 aromatic rings. The minimum Gasteiger partial charge on any atom is -0.485 e. The number of ether oxygens (including phenoxy) is 2. The Morgan fingerprint density at radius 2 is 1.96 bits per heavy atom. The number of pyridine rings is 1. The van der Waals surface area contributed by atoms with Crippen molar-refractivity contribution in [2.24, 2.45) is 0 Å². The van der Waals surface area contributed by atoms with Gasteiger partial charge in [-0.05, 0) is 35.9 Å². The SMILES string of the molecule is OC(CN1CCN(c2ccccn2)CC1)c1ccc2c(c1)OC=CCO2. The van der Waals surface area contributed by atoms with E-state index < -0.39 is 6.10 Å². The maximum absolute atomic E-state index is 10.6. The van der Waals surface area contributed by atoms with Gasteiger partial charge in [-0.25, -0.2) is 4.98 Å². The summed E-state index contributed by atoms with van der Waals surface area (Å²) in [6.45, 7) is 4.73. The zero-order chi connectivity index (χ0) is 17.8. The molecule has 0 radical (unpaired) electrons. The van der Waals surface area contributed by atoms with Crippen LogP contribution in [0.2, 0.25) is 0 Å². The lowest BCUT2D eigenvalue weighted by Crippen LogP contribution is -2.47. The molecule has 0 aliphatic carbocycles. The van der Waals surface area contributed by atoms with Crippen LogP contribution in [-0.2, 0) is 0 Å². The smallest absolute Gasteiger partial charge is 0.168 e. The molecule has 2 aliphatic rings. The van der Waals surface area contributed by atoms with Crippen molar-refractivity contribution in [3.63, 3.8) is 0 Å². The summed E-state index contributed by atoms with van der Waals surface area (Å²) in [5.41, 5.74) is 0.842. The van der Waals surface area contributed by atoms with Crippen molar-refractivity contribution in [3.8, 4) is 11.5 Å². The standard InChI is InChI=1S/C20H23N3O3/c24-17(16-5-6-18-19(14-16)26-13-3-12-25-18)15-22-8-10-23(11-9-22)20-4-1-2-7-21-20/h1-7,13-14,17,24H,8-12,15H2. The van der Waals surface area contributed by atoms with Gasteiger partial charge in [0.2, 0.25) is 0 Å². The first kappa shape index (κ1) is 16.9. The molecule has 136 valence electrons. The molecule has 1 N–H and O–H groups in total. The van der Waals surface area contributed by atoms with Gasteiger partial charge < -0.3 is 19.5 Å². The van der Waals surface area contributed by atoms with E-state index in [-0.39, 0.29) is 0 Å². The molecular formula is C20H23N3O3. The number of piperazine rings is 1. The maximum atomic E-state index is 10.6. The van der Waals surface area contributed by atoms with E-state index in [1.54, 1.807) is 6.26 Å². The average Bonchev–Trinajstić information content (AvgIpc) is 2.94. The molecule has 0 spiro atoms. The highest BCUT2D eigenvalue weighted by Gasteiger charge is 2.21. The molecule has 6 heteroatoms. The number of anilines is 1. The number of aliphatic hydroxyl groups is 1. The highest BCUT2D eigenvalue weighted by Crippen LogP contribution is 2.32. The van der Waals surface area contributed by atoms with Crippen LogP contribution < -0.4 is 14.4 Å². The Bertz CT molecular complexity index is 758. The van der Waals surface area contributed by atoms with Crippen LogP contribution in [0.4, 0.5) is 5.82 Å². The summed E-state index contributed by atoms with van der Waals surface area (Å²) in [4.78, 5) is 8.98. The molecule has 6 nitrogen and oxygen atoms in total. The predicted octanol–water partition coefficient (Wildman–Crippen LogP) is 2.22. The van der Waals surface area contributed by atoms with Crippen molar-refractivity contribution < 1.29 is 14.6 Å². The predicted molar refractivity (Wildman–Crippen MR) is 99.6 cm³/mol. The van der Waals surface area contributed by atoms with Crippen molar-refractivity contribution in [2.75, 3.05) is 44.2 Å². The van der Waals surface area contributed by atoms with Crippen LogP contribution in [-0.4, -0.2) is 54.3 Å². The van der Waals surface area contributed by atoms with Gasteiger partial charge in [-0.3, -0.25) is 4.90 Å². The first-order valence-electron chi connectivity index (χ1n) is 8.94. The molecule has 4 rings (SSSR count). The number of β-amino-alcohol motifs (C(OH)–C–C–N with tert-alkyl or cyclic N) is 1. The summed E-state index contributed by atoms with van der Waals surface area (Å²) in [7, 11) is 0. The topological polar surface area (TPSA) is 58.1 Å². The third-order valence-corrected chi connectivity index (χ3v) is 4.76. The summed E-state index contributed by atoms with van der Waals surface area (Å²) >= 11 is 0. The zero-order valence-electron chi connectivity index (χ0n) is 14.6. The summed E-state index contributed by atoms with van der Waals surface area (Å²) in [6, 6.07) is 11.6. The summed E-state index contributed by atoms with van der Waals surface area (Å²) in [5, 5.41) is 10.6. The highest BCUT2D eigenvalue weighted by atomic mass is 16.5. The highest BCUT2D eigenvalue weighted by molar-refractivity contribution is 5.45. The van der Waals surface area contributed by atoms with E-state index in [0.29, 0.717) is 24.7 Å². The van der Waals surface area contributed by atoms with Crippen LogP contribution in [0.25, 0.3) is 0 Å². The fraction of sp³-hybridized carbons (Fsp3) is 0.350. The molecule has 1 aromatic heterocycles. The molecule has 1 saturated heterocycles. The first-order valence-corrected chi connectivity index (χ1v) is 8.94. The molecule has 26 heavy (non-hydrogen) atoms. The molecule has 3 heterocycles. The Hall–Kier alpha value is -2.57. The lowest BCUT2D eigenvalue weighted by atomic mass is 10.1. The van der Waals surface area contributed by atoms with Gasteiger partial charge in [0.25, 0.3) is 0 Å². The number of aliphatic hydroxyl groups excluding tert-OH is 1. The number of hydrogen-bond acceptors (Lipinski definition) is 6. The van der Waals surface area contributed by atoms with Gasteiger partial charge in [-0.15, -0.1) is 0 Å². The Morgan fingerprint density at radius 3 is 2.77 bits per heavy atom. The third kappa shape index (κ3) is 3.81. The fourth-order valence-corrected chi connectivity index (χ4v) is 3.29. The Morgan fingerprint density at radius 1 is 1.08 bits per heavy atom.